The van der Waals surface area contributed by atoms with Gasteiger partial charge in [-0.05, 0) is 6.07 Å². The van der Waals surface area contributed by atoms with Crippen molar-refractivity contribution in [1.29, 1.82) is 5.26 Å². The smallest absolute Gasteiger partial charge is 0.143 e. The van der Waals surface area contributed by atoms with Crippen LogP contribution < -0.4 is 5.73 Å². The van der Waals surface area contributed by atoms with Gasteiger partial charge in [-0.1, -0.05) is 18.2 Å². The highest BCUT2D eigenvalue weighted by Gasteiger charge is 2.10. The summed E-state index contributed by atoms with van der Waals surface area (Å²) in [5.41, 5.74) is 7.82. The molecule has 1 aromatic carbocycles. The molecular weight excluding hydrogens is 200 g/mol. The third-order valence-corrected chi connectivity index (χ3v) is 2.70. The van der Waals surface area contributed by atoms with Crippen LogP contribution in [-0.2, 0) is 0 Å². The third-order valence-electron chi connectivity index (χ3n) is 2.70. The van der Waals surface area contributed by atoms with Crippen molar-refractivity contribution in [2.45, 2.75) is 0 Å². The second-order valence-electron chi connectivity index (χ2n) is 3.59. The van der Waals surface area contributed by atoms with E-state index in [0.717, 1.165) is 21.8 Å². The highest BCUT2D eigenvalue weighted by molar-refractivity contribution is 6.09. The summed E-state index contributed by atoms with van der Waals surface area (Å²) in [5, 5.41) is 11.0. The average Bonchev–Trinajstić information content (AvgIpc) is 2.67. The number of aromatic amines is 1. The van der Waals surface area contributed by atoms with E-state index in [9.17, 15) is 0 Å². The van der Waals surface area contributed by atoms with E-state index in [1.54, 1.807) is 6.20 Å². The van der Waals surface area contributed by atoms with E-state index in [0.29, 0.717) is 5.56 Å². The standard InChI is InChI=1S/C12H8N4/c13-5-8-11-9(6-15-12(8)14)7-3-1-2-4-10(7)16-11/h1-4,6,16H,(H2,14,15). The van der Waals surface area contributed by atoms with Crippen LogP contribution in [0, 0.1) is 11.3 Å². The Hall–Kier alpha value is -2.54. The van der Waals surface area contributed by atoms with Crippen molar-refractivity contribution < 1.29 is 0 Å². The molecule has 4 heteroatoms. The molecule has 2 heterocycles. The predicted molar refractivity (Wildman–Crippen MR) is 62.7 cm³/mol. The Morgan fingerprint density at radius 3 is 2.88 bits per heavy atom. The van der Waals surface area contributed by atoms with Crippen molar-refractivity contribution in [3.8, 4) is 6.07 Å². The number of fused-ring (bicyclic) bond motifs is 3. The number of nitrogens with zero attached hydrogens (tertiary/aromatic N) is 2. The van der Waals surface area contributed by atoms with E-state index in [2.05, 4.69) is 16.0 Å². The number of hydrogen-bond acceptors (Lipinski definition) is 3. The quantitative estimate of drug-likeness (QED) is 0.594. The number of pyridine rings is 1. The zero-order chi connectivity index (χ0) is 11.1. The number of nitrogens with two attached hydrogens (primary N) is 1. The summed E-state index contributed by atoms with van der Waals surface area (Å²) >= 11 is 0. The molecule has 0 unspecified atom stereocenters. The van der Waals surface area contributed by atoms with Crippen molar-refractivity contribution >= 4 is 27.6 Å². The first kappa shape index (κ1) is 8.74. The first-order chi connectivity index (χ1) is 7.81. The Balaban J connectivity index is 2.60. The van der Waals surface area contributed by atoms with Crippen LogP contribution in [-0.4, -0.2) is 9.97 Å². The lowest BCUT2D eigenvalue weighted by molar-refractivity contribution is 1.34. The predicted octanol–water partition coefficient (Wildman–Crippen LogP) is 2.17. The number of anilines is 1. The van der Waals surface area contributed by atoms with Crippen molar-refractivity contribution in [3.63, 3.8) is 0 Å². The molecule has 16 heavy (non-hydrogen) atoms. The van der Waals surface area contributed by atoms with Crippen LogP contribution in [0.25, 0.3) is 21.8 Å². The van der Waals surface area contributed by atoms with Gasteiger partial charge in [0.1, 0.15) is 17.5 Å². The van der Waals surface area contributed by atoms with Gasteiger partial charge in [-0.3, -0.25) is 0 Å². The maximum Gasteiger partial charge on any atom is 0.143 e. The Morgan fingerprint density at radius 2 is 2.06 bits per heavy atom. The van der Waals surface area contributed by atoms with E-state index in [1.807, 2.05) is 24.3 Å². The molecule has 0 spiro atoms. The number of nitrogens with one attached hydrogen (secondary N) is 1. The number of nitrogen functional groups attached to an aromatic ring is 1. The highest BCUT2D eigenvalue weighted by Crippen LogP contribution is 2.28. The first-order valence-corrected chi connectivity index (χ1v) is 4.86. The van der Waals surface area contributed by atoms with Gasteiger partial charge in [0.2, 0.25) is 0 Å². The monoisotopic (exact) mass is 208 g/mol. The average molecular weight is 208 g/mol. The number of H-pyrrole nitrogens is 1. The largest absolute Gasteiger partial charge is 0.383 e. The summed E-state index contributed by atoms with van der Waals surface area (Å²) in [4.78, 5) is 7.23. The van der Waals surface area contributed by atoms with Gasteiger partial charge < -0.3 is 10.7 Å². The minimum atomic E-state index is 0.265. The zero-order valence-electron chi connectivity index (χ0n) is 8.36. The minimum Gasteiger partial charge on any atom is -0.383 e. The third kappa shape index (κ3) is 0.997. The molecule has 0 aliphatic heterocycles. The van der Waals surface area contributed by atoms with Gasteiger partial charge in [0.05, 0.1) is 5.52 Å². The van der Waals surface area contributed by atoms with E-state index in [-0.39, 0.29) is 5.82 Å². The maximum atomic E-state index is 9.05. The normalized spacial score (nSPS) is 10.7. The van der Waals surface area contributed by atoms with E-state index < -0.39 is 0 Å². The molecule has 0 atom stereocenters. The molecule has 4 nitrogen and oxygen atoms in total. The summed E-state index contributed by atoms with van der Waals surface area (Å²) in [6.07, 6.45) is 1.70. The molecule has 0 aliphatic rings. The topological polar surface area (TPSA) is 78.5 Å². The second kappa shape index (κ2) is 2.97. The van der Waals surface area contributed by atoms with Crippen LogP contribution in [0.3, 0.4) is 0 Å². The van der Waals surface area contributed by atoms with Gasteiger partial charge in [-0.25, -0.2) is 4.98 Å². The zero-order valence-corrected chi connectivity index (χ0v) is 8.36. The maximum absolute atomic E-state index is 9.05. The molecule has 0 bridgehead atoms. The molecule has 76 valence electrons. The molecule has 0 radical (unpaired) electrons. The molecule has 3 N–H and O–H groups in total. The minimum absolute atomic E-state index is 0.265. The molecule has 0 saturated heterocycles. The lowest BCUT2D eigenvalue weighted by Crippen LogP contribution is -1.94. The Labute approximate surface area is 91.3 Å². The Morgan fingerprint density at radius 1 is 1.25 bits per heavy atom. The number of hydrogen-bond donors (Lipinski definition) is 2. The summed E-state index contributed by atoms with van der Waals surface area (Å²) in [6.45, 7) is 0. The summed E-state index contributed by atoms with van der Waals surface area (Å²) in [6, 6.07) is 9.94. The number of para-hydroxylation sites is 1. The molecule has 3 rings (SSSR count). The molecule has 0 fully saturated rings. The molecule has 0 saturated carbocycles. The lowest BCUT2D eigenvalue weighted by atomic mass is 10.1. The molecule has 2 aromatic heterocycles. The van der Waals surface area contributed by atoms with E-state index in [1.165, 1.54) is 0 Å². The van der Waals surface area contributed by atoms with E-state index >= 15 is 0 Å². The van der Waals surface area contributed by atoms with Crippen molar-refractivity contribution in [1.82, 2.24) is 9.97 Å². The second-order valence-corrected chi connectivity index (χ2v) is 3.59. The molecular formula is C12H8N4. The van der Waals surface area contributed by atoms with Gasteiger partial charge in [-0.15, -0.1) is 0 Å². The Bertz CT molecular complexity index is 734. The number of benzene rings is 1. The van der Waals surface area contributed by atoms with Crippen LogP contribution in [0.5, 0.6) is 0 Å². The summed E-state index contributed by atoms with van der Waals surface area (Å²) in [5.74, 6) is 0.265. The first-order valence-electron chi connectivity index (χ1n) is 4.86. The lowest BCUT2D eigenvalue weighted by Gasteiger charge is -1.96. The van der Waals surface area contributed by atoms with Crippen LogP contribution in [0.1, 0.15) is 5.56 Å². The van der Waals surface area contributed by atoms with Gasteiger partial charge in [0.25, 0.3) is 0 Å². The molecule has 0 amide bonds. The highest BCUT2D eigenvalue weighted by atomic mass is 14.8. The van der Waals surface area contributed by atoms with Crippen molar-refractivity contribution in [2.75, 3.05) is 5.73 Å². The van der Waals surface area contributed by atoms with Crippen molar-refractivity contribution in [2.24, 2.45) is 0 Å². The fourth-order valence-corrected chi connectivity index (χ4v) is 1.93. The number of aromatic nitrogens is 2. The summed E-state index contributed by atoms with van der Waals surface area (Å²) in [7, 11) is 0. The van der Waals surface area contributed by atoms with Gasteiger partial charge in [-0.2, -0.15) is 5.26 Å². The number of nitriles is 1. The van der Waals surface area contributed by atoms with Crippen LogP contribution in [0.15, 0.2) is 30.5 Å². The number of rotatable bonds is 0. The van der Waals surface area contributed by atoms with Crippen LogP contribution in [0.4, 0.5) is 5.82 Å². The molecule has 0 aliphatic carbocycles. The van der Waals surface area contributed by atoms with Crippen LogP contribution >= 0.6 is 0 Å². The summed E-state index contributed by atoms with van der Waals surface area (Å²) < 4.78 is 0. The van der Waals surface area contributed by atoms with Crippen LogP contribution in [0.2, 0.25) is 0 Å². The van der Waals surface area contributed by atoms with Gasteiger partial charge in [0, 0.05) is 22.5 Å². The van der Waals surface area contributed by atoms with Crippen molar-refractivity contribution in [3.05, 3.63) is 36.0 Å². The SMILES string of the molecule is N#Cc1c(N)ncc2c1[nH]c1ccccc12. The fraction of sp³-hybridized carbons (Fsp3) is 0. The van der Waals surface area contributed by atoms with Gasteiger partial charge >= 0.3 is 0 Å². The van der Waals surface area contributed by atoms with Gasteiger partial charge in [0.15, 0.2) is 0 Å². The van der Waals surface area contributed by atoms with E-state index in [4.69, 9.17) is 11.0 Å². The molecule has 3 aromatic rings. The fourth-order valence-electron chi connectivity index (χ4n) is 1.93. The Kier molecular flexibility index (Phi) is 1.62.